The molecule has 0 heterocycles. The first kappa shape index (κ1) is 64.0. The van der Waals surface area contributed by atoms with Crippen molar-refractivity contribution in [3.05, 3.63) is 141 Å². The summed E-state index contributed by atoms with van der Waals surface area (Å²) in [5.74, 6) is -5.00. The van der Waals surface area contributed by atoms with Gasteiger partial charge in [0.2, 0.25) is 40.3 Å². The minimum atomic E-state index is -0.585. The number of methoxy groups -OCH3 is 9. The Hall–Kier alpha value is -9.00. The number of allylic oxidation sites excluding steroid dienone is 13. The molecule has 0 bridgehead atoms. The predicted octanol–water partition coefficient (Wildman–Crippen LogP) is 0.528. The van der Waals surface area contributed by atoms with Crippen molar-refractivity contribution in [2.45, 2.75) is 19.3 Å². The zero-order chi connectivity index (χ0) is 56.9. The lowest BCUT2D eigenvalue weighted by molar-refractivity contribution is -0.125. The fourth-order valence-electron chi connectivity index (χ4n) is 5.90. The molecule has 0 saturated heterocycles. The number of carbonyl (C=O) groups is 12. The molecule has 0 fully saturated rings. The molecule has 402 valence electrons. The third-order valence-electron chi connectivity index (χ3n) is 9.49. The molecule has 24 heteroatoms. The van der Waals surface area contributed by atoms with Crippen molar-refractivity contribution in [3.63, 3.8) is 0 Å². The van der Waals surface area contributed by atoms with E-state index < -0.39 is 28.9 Å². The van der Waals surface area contributed by atoms with Crippen LogP contribution in [0.2, 0.25) is 0 Å². The summed E-state index contributed by atoms with van der Waals surface area (Å²) in [5, 5.41) is 25.5. The number of aliphatic hydroxyl groups is 3. The number of aliphatic hydroxyl groups excluding tert-OH is 3. The van der Waals surface area contributed by atoms with Gasteiger partial charge in [-0.1, -0.05) is 0 Å². The molecule has 6 aliphatic rings. The van der Waals surface area contributed by atoms with Gasteiger partial charge in [0.15, 0.2) is 57.8 Å². The third kappa shape index (κ3) is 18.8. The molecule has 6 rings (SSSR count). The van der Waals surface area contributed by atoms with E-state index in [0.717, 1.165) is 30.4 Å². The Morgan fingerprint density at radius 1 is 0.307 bits per heavy atom. The second kappa shape index (κ2) is 32.9. The zero-order valence-corrected chi connectivity index (χ0v) is 42.1. The molecular weight excluding hydrogens is 997 g/mol. The second-order valence-corrected chi connectivity index (χ2v) is 14.2. The van der Waals surface area contributed by atoms with Crippen LogP contribution in [0.5, 0.6) is 0 Å². The van der Waals surface area contributed by atoms with E-state index >= 15 is 0 Å². The summed E-state index contributed by atoms with van der Waals surface area (Å²) in [5.41, 5.74) is 1.05. The lowest BCUT2D eigenvalue weighted by atomic mass is 10.00. The number of hydrogen-bond donors (Lipinski definition) is 3. The summed E-state index contributed by atoms with van der Waals surface area (Å²) >= 11 is 0. The van der Waals surface area contributed by atoms with Gasteiger partial charge in [-0.15, -0.1) is 0 Å². The van der Waals surface area contributed by atoms with E-state index in [1.165, 1.54) is 107 Å². The number of Topliss-reactive ketones (excluding diaryl/α,β-unsaturated/α-hetero) is 4. The molecule has 0 atom stereocenters. The van der Waals surface area contributed by atoms with Gasteiger partial charge in [-0.25, -0.2) is 0 Å². The normalized spacial score (nSPS) is 16.8. The van der Waals surface area contributed by atoms with Crippen LogP contribution in [0.15, 0.2) is 141 Å². The molecule has 3 N–H and O–H groups in total. The highest BCUT2D eigenvalue weighted by atomic mass is 16.5. The molecule has 6 aliphatic carbocycles. The highest BCUT2D eigenvalue weighted by molar-refractivity contribution is 6.23. The van der Waals surface area contributed by atoms with Gasteiger partial charge in [0.1, 0.15) is 0 Å². The van der Waals surface area contributed by atoms with Crippen LogP contribution in [0.1, 0.15) is 19.3 Å². The van der Waals surface area contributed by atoms with Crippen molar-refractivity contribution in [1.29, 1.82) is 0 Å². The maximum absolute atomic E-state index is 11.8. The third-order valence-corrected chi connectivity index (χ3v) is 9.49. The summed E-state index contributed by atoms with van der Waals surface area (Å²) in [6.45, 7) is -0.421. The standard InChI is InChI=1S/C10H12O6.C9H10O5.C9H10O3.C8H8O4.C8H8O3.C7H6O3/c1-13-7-5(11)9(15-3)10(16-4)6(12)8(7)14-2;1-12-6-4-5(10)8(13-2)9(14-3)7(6)11;10-5-1-2-7-6-8(11)3-4-9(7)12;1-11-6-3-5(9)4-7(12-2)8(6)10;9-4-3-6-5-7(10)1-2-8(6)11;8-4-5-3-6(9)1-2-7(5)10/h1-4H3;4H,1-3H3;3-4,6,10H,1-2,5H2;3-4H,1-2H3;1-2,5,9H,3-4H2;1-3,8H,4H2. The summed E-state index contributed by atoms with van der Waals surface area (Å²) in [6, 6.07) is 0. The Morgan fingerprint density at radius 3 is 0.960 bits per heavy atom. The number of carbonyl (C=O) groups excluding carboxylic acids is 12. The quantitative estimate of drug-likeness (QED) is 0.188. The van der Waals surface area contributed by atoms with E-state index in [4.69, 9.17) is 48.5 Å². The molecule has 0 aromatic carbocycles. The molecule has 0 amide bonds. The molecule has 0 radical (unpaired) electrons. The summed E-state index contributed by atoms with van der Waals surface area (Å²) < 4.78 is 42.9. The van der Waals surface area contributed by atoms with E-state index in [0.29, 0.717) is 24.0 Å². The smallest absolute Gasteiger partial charge is 0.270 e. The van der Waals surface area contributed by atoms with Crippen molar-refractivity contribution in [1.82, 2.24) is 0 Å². The van der Waals surface area contributed by atoms with Gasteiger partial charge < -0.3 is 58.0 Å². The minimum absolute atomic E-state index is 0.0133. The van der Waals surface area contributed by atoms with Crippen LogP contribution in [0.4, 0.5) is 0 Å². The average Bonchev–Trinajstić information content (AvgIpc) is 3.40. The van der Waals surface area contributed by atoms with Crippen LogP contribution in [0, 0.1) is 0 Å². The van der Waals surface area contributed by atoms with Crippen LogP contribution >= 0.6 is 0 Å². The van der Waals surface area contributed by atoms with Gasteiger partial charge in [0.25, 0.3) is 23.1 Å². The largest absolute Gasteiger partial charge is 0.492 e. The van der Waals surface area contributed by atoms with Gasteiger partial charge in [0, 0.05) is 48.2 Å². The number of ketones is 12. The van der Waals surface area contributed by atoms with Crippen molar-refractivity contribution in [2.75, 3.05) is 83.8 Å². The second-order valence-electron chi connectivity index (χ2n) is 14.2. The van der Waals surface area contributed by atoms with E-state index in [1.807, 2.05) is 0 Å². The Balaban J connectivity index is 0.000000453. The van der Waals surface area contributed by atoms with Crippen molar-refractivity contribution in [2.24, 2.45) is 0 Å². The van der Waals surface area contributed by atoms with Crippen molar-refractivity contribution >= 4 is 69.4 Å². The summed E-state index contributed by atoms with van der Waals surface area (Å²) in [4.78, 5) is 133. The van der Waals surface area contributed by atoms with Crippen LogP contribution < -0.4 is 0 Å². The molecular formula is C51H54O24. The van der Waals surface area contributed by atoms with Crippen LogP contribution in [-0.4, -0.2) is 169 Å². The Labute approximate surface area is 428 Å². The Morgan fingerprint density at radius 2 is 0.640 bits per heavy atom. The van der Waals surface area contributed by atoms with Crippen LogP contribution in [0.25, 0.3) is 0 Å². The average molecular weight is 1050 g/mol. The molecule has 24 nitrogen and oxygen atoms in total. The topological polar surface area (TPSA) is 349 Å². The molecule has 0 aromatic rings. The van der Waals surface area contributed by atoms with Crippen LogP contribution in [-0.2, 0) is 100 Å². The lowest BCUT2D eigenvalue weighted by Crippen LogP contribution is -2.27. The van der Waals surface area contributed by atoms with E-state index in [2.05, 4.69) is 9.47 Å². The Kier molecular flexibility index (Phi) is 28.1. The first-order chi connectivity index (χ1) is 35.7. The predicted molar refractivity (Wildman–Crippen MR) is 255 cm³/mol. The van der Waals surface area contributed by atoms with Gasteiger partial charge >= 0.3 is 0 Å². The number of rotatable bonds is 15. The first-order valence-corrected chi connectivity index (χ1v) is 21.4. The number of ether oxygens (including phenoxy) is 9. The summed E-state index contributed by atoms with van der Waals surface area (Å²) in [7, 11) is 11.6. The fourth-order valence-corrected chi connectivity index (χ4v) is 5.90. The highest BCUT2D eigenvalue weighted by Gasteiger charge is 2.39. The molecule has 0 saturated carbocycles. The maximum atomic E-state index is 11.8. The first-order valence-electron chi connectivity index (χ1n) is 21.4. The van der Waals surface area contributed by atoms with Gasteiger partial charge in [0.05, 0.1) is 70.6 Å². The highest BCUT2D eigenvalue weighted by Crippen LogP contribution is 2.26. The molecule has 0 spiro atoms. The number of hydrogen-bond acceptors (Lipinski definition) is 24. The molecule has 0 aromatic heterocycles. The fraction of sp³-hybridized carbons (Fsp3) is 0.294. The van der Waals surface area contributed by atoms with E-state index in [1.54, 1.807) is 0 Å². The lowest BCUT2D eigenvalue weighted by Gasteiger charge is -2.19. The Bertz CT molecular complexity index is 2600. The van der Waals surface area contributed by atoms with Gasteiger partial charge in [-0.3, -0.25) is 57.5 Å². The summed E-state index contributed by atoms with van der Waals surface area (Å²) in [6.07, 6.45) is 15.7. The monoisotopic (exact) mass is 1050 g/mol. The van der Waals surface area contributed by atoms with E-state index in [-0.39, 0.29) is 124 Å². The molecule has 0 unspecified atom stereocenters. The molecule has 75 heavy (non-hydrogen) atoms. The van der Waals surface area contributed by atoms with Gasteiger partial charge in [-0.2, -0.15) is 0 Å². The molecule has 0 aliphatic heterocycles. The van der Waals surface area contributed by atoms with Crippen molar-refractivity contribution in [3.8, 4) is 0 Å². The minimum Gasteiger partial charge on any atom is -0.492 e. The SMILES string of the molecule is COC1=C(OC)C(=O)C(OC)=C(OC)C1=O.COC1=CC(=O)C(OC)=C(OC)C1=O.COC1=CC(=O)C=C(OC)C1=O.O=C1C=CC(=O)C(CCCO)=C1.O=C1C=CC(=O)C(CCO)=C1.O=C1C=CC(=O)C(CO)=C1. The van der Waals surface area contributed by atoms with Gasteiger partial charge in [-0.05, 0) is 73.9 Å². The van der Waals surface area contributed by atoms with Crippen molar-refractivity contribution < 1.29 is 115 Å². The van der Waals surface area contributed by atoms with Crippen LogP contribution in [0.3, 0.4) is 0 Å². The van der Waals surface area contributed by atoms with E-state index in [9.17, 15) is 57.5 Å². The zero-order valence-electron chi connectivity index (χ0n) is 42.1. The maximum Gasteiger partial charge on any atom is 0.270 e.